The Morgan fingerprint density at radius 3 is 2.63 bits per heavy atom. The van der Waals surface area contributed by atoms with Gasteiger partial charge in [0.1, 0.15) is 0 Å². The molecule has 2 aromatic carbocycles. The number of carbonyl (C=O) groups excluding carboxylic acids is 1. The summed E-state index contributed by atoms with van der Waals surface area (Å²) in [5.41, 5.74) is 1.59. The van der Waals surface area contributed by atoms with Crippen LogP contribution in [-0.2, 0) is 9.47 Å². The van der Waals surface area contributed by atoms with Gasteiger partial charge in [-0.05, 0) is 30.3 Å². The molecule has 0 unspecified atom stereocenters. The average Bonchev–Trinajstić information content (AvgIpc) is 2.69. The second-order valence-electron chi connectivity index (χ2n) is 6.31. The Morgan fingerprint density at radius 2 is 1.96 bits per heavy atom. The van der Waals surface area contributed by atoms with E-state index in [0.717, 1.165) is 0 Å². The summed E-state index contributed by atoms with van der Waals surface area (Å²) < 4.78 is 11.0. The lowest BCUT2D eigenvalue weighted by Gasteiger charge is -2.29. The molecule has 2 aromatic rings. The zero-order chi connectivity index (χ0) is 19.2. The number of rotatable bonds is 6. The monoisotopic (exact) mass is 370 g/mol. The minimum atomic E-state index is -1.06. The Kier molecular flexibility index (Phi) is 6.05. The fourth-order valence-corrected chi connectivity index (χ4v) is 2.96. The maximum atomic E-state index is 12.3. The van der Waals surface area contributed by atoms with Crippen molar-refractivity contribution in [2.24, 2.45) is 0 Å². The molecule has 7 nitrogen and oxygen atoms in total. The molecule has 1 heterocycles. The van der Waals surface area contributed by atoms with E-state index in [9.17, 15) is 14.7 Å². The van der Waals surface area contributed by atoms with Crippen LogP contribution in [0.3, 0.4) is 0 Å². The molecule has 1 fully saturated rings. The van der Waals surface area contributed by atoms with Gasteiger partial charge in [0.05, 0.1) is 37.2 Å². The zero-order valence-corrected chi connectivity index (χ0v) is 15.1. The minimum Gasteiger partial charge on any atom is -0.478 e. The van der Waals surface area contributed by atoms with Crippen LogP contribution in [0.15, 0.2) is 48.5 Å². The maximum absolute atomic E-state index is 12.3. The number of carboxylic acid groups (broad SMARTS) is 1. The standard InChI is InChI=1S/C20H22N2O5/c1-22(12-16-13-26-9-10-27-16)18-8-7-15(11-17(18)20(24)25)21-19(23)14-5-3-2-4-6-14/h2-8,11,16H,9-10,12-13H2,1H3,(H,21,23)(H,24,25)/t16-/m1/s1. The van der Waals surface area contributed by atoms with Crippen molar-refractivity contribution in [1.29, 1.82) is 0 Å². The number of hydrogen-bond donors (Lipinski definition) is 2. The van der Waals surface area contributed by atoms with Gasteiger partial charge in [-0.1, -0.05) is 18.2 Å². The summed E-state index contributed by atoms with van der Waals surface area (Å²) in [6.45, 7) is 2.11. The Bertz CT molecular complexity index is 803. The molecular formula is C20H22N2O5. The van der Waals surface area contributed by atoms with Gasteiger partial charge in [-0.25, -0.2) is 4.79 Å². The van der Waals surface area contributed by atoms with Gasteiger partial charge in [0.2, 0.25) is 0 Å². The summed E-state index contributed by atoms with van der Waals surface area (Å²) >= 11 is 0. The van der Waals surface area contributed by atoms with Crippen molar-refractivity contribution < 1.29 is 24.2 Å². The predicted octanol–water partition coefficient (Wildman–Crippen LogP) is 2.49. The molecule has 142 valence electrons. The van der Waals surface area contributed by atoms with Gasteiger partial charge in [-0.3, -0.25) is 4.79 Å². The van der Waals surface area contributed by atoms with Gasteiger partial charge in [0, 0.05) is 24.8 Å². The molecule has 2 N–H and O–H groups in total. The lowest BCUT2D eigenvalue weighted by molar-refractivity contribution is -0.0837. The highest BCUT2D eigenvalue weighted by atomic mass is 16.6. The number of carbonyl (C=O) groups is 2. The van der Waals surface area contributed by atoms with Gasteiger partial charge >= 0.3 is 5.97 Å². The third-order valence-electron chi connectivity index (χ3n) is 4.29. The Hall–Kier alpha value is -2.90. The van der Waals surface area contributed by atoms with Crippen LogP contribution < -0.4 is 10.2 Å². The SMILES string of the molecule is CN(C[C@@H]1COCCO1)c1ccc(NC(=O)c2ccccc2)cc1C(=O)O. The molecule has 1 atom stereocenters. The number of nitrogens with zero attached hydrogens (tertiary/aromatic N) is 1. The third-order valence-corrected chi connectivity index (χ3v) is 4.29. The van der Waals surface area contributed by atoms with E-state index in [4.69, 9.17) is 9.47 Å². The van der Waals surface area contributed by atoms with Gasteiger partial charge in [0.15, 0.2) is 0 Å². The summed E-state index contributed by atoms with van der Waals surface area (Å²) in [6.07, 6.45) is -0.108. The summed E-state index contributed by atoms with van der Waals surface area (Å²) in [5, 5.41) is 12.3. The van der Waals surface area contributed by atoms with Crippen molar-refractivity contribution in [3.05, 3.63) is 59.7 Å². The molecule has 0 aromatic heterocycles. The van der Waals surface area contributed by atoms with Crippen LogP contribution in [-0.4, -0.2) is 56.5 Å². The Morgan fingerprint density at radius 1 is 1.19 bits per heavy atom. The van der Waals surface area contributed by atoms with E-state index in [1.54, 1.807) is 36.4 Å². The third kappa shape index (κ3) is 4.84. The highest BCUT2D eigenvalue weighted by Crippen LogP contribution is 2.25. The fraction of sp³-hybridized carbons (Fsp3) is 0.300. The first-order valence-corrected chi connectivity index (χ1v) is 8.69. The lowest BCUT2D eigenvalue weighted by Crippen LogP contribution is -2.38. The van der Waals surface area contributed by atoms with Crippen molar-refractivity contribution in [1.82, 2.24) is 0 Å². The Balaban J connectivity index is 1.76. The van der Waals surface area contributed by atoms with Crippen LogP contribution in [0, 0.1) is 0 Å². The smallest absolute Gasteiger partial charge is 0.337 e. The van der Waals surface area contributed by atoms with Gasteiger partial charge < -0.3 is 24.8 Å². The first-order chi connectivity index (χ1) is 13.0. The van der Waals surface area contributed by atoms with Crippen molar-refractivity contribution in [2.75, 3.05) is 43.6 Å². The molecular weight excluding hydrogens is 348 g/mol. The molecule has 1 aliphatic heterocycles. The minimum absolute atomic E-state index is 0.108. The number of anilines is 2. The van der Waals surface area contributed by atoms with Crippen LogP contribution in [0.25, 0.3) is 0 Å². The number of likely N-dealkylation sites (N-methyl/N-ethyl adjacent to an activating group) is 1. The number of ether oxygens (including phenoxy) is 2. The topological polar surface area (TPSA) is 88.1 Å². The van der Waals surface area contributed by atoms with E-state index < -0.39 is 5.97 Å². The first kappa shape index (κ1) is 18.9. The molecule has 7 heteroatoms. The fourth-order valence-electron chi connectivity index (χ4n) is 2.96. The van der Waals surface area contributed by atoms with Gasteiger partial charge in [-0.2, -0.15) is 0 Å². The van der Waals surface area contributed by atoms with Crippen molar-refractivity contribution >= 4 is 23.3 Å². The van der Waals surface area contributed by atoms with Crippen LogP contribution in [0.2, 0.25) is 0 Å². The first-order valence-electron chi connectivity index (χ1n) is 8.69. The Labute approximate surface area is 157 Å². The van der Waals surface area contributed by atoms with E-state index in [1.807, 2.05) is 18.0 Å². The molecule has 1 amide bonds. The largest absolute Gasteiger partial charge is 0.478 e. The van der Waals surface area contributed by atoms with Crippen LogP contribution >= 0.6 is 0 Å². The molecule has 3 rings (SSSR count). The number of hydrogen-bond acceptors (Lipinski definition) is 5. The predicted molar refractivity (Wildman–Crippen MR) is 102 cm³/mol. The highest BCUT2D eigenvalue weighted by molar-refractivity contribution is 6.05. The number of amides is 1. The van der Waals surface area contributed by atoms with Crippen molar-refractivity contribution in [3.63, 3.8) is 0 Å². The lowest BCUT2D eigenvalue weighted by atomic mass is 10.1. The van der Waals surface area contributed by atoms with Crippen LogP contribution in [0.5, 0.6) is 0 Å². The molecule has 1 saturated heterocycles. The quantitative estimate of drug-likeness (QED) is 0.812. The number of aromatic carboxylic acids is 1. The second kappa shape index (κ2) is 8.66. The normalized spacial score (nSPS) is 16.6. The molecule has 0 aliphatic carbocycles. The van der Waals surface area contributed by atoms with Crippen molar-refractivity contribution in [3.8, 4) is 0 Å². The van der Waals surface area contributed by atoms with E-state index in [0.29, 0.717) is 43.3 Å². The maximum Gasteiger partial charge on any atom is 0.337 e. The summed E-state index contributed by atoms with van der Waals surface area (Å²) in [6, 6.07) is 13.6. The highest BCUT2D eigenvalue weighted by Gasteiger charge is 2.20. The zero-order valence-electron chi connectivity index (χ0n) is 15.1. The average molecular weight is 370 g/mol. The molecule has 0 saturated carbocycles. The second-order valence-corrected chi connectivity index (χ2v) is 6.31. The molecule has 0 spiro atoms. The summed E-state index contributed by atoms with van der Waals surface area (Å²) in [5.74, 6) is -1.35. The molecule has 1 aliphatic rings. The van der Waals surface area contributed by atoms with Crippen molar-refractivity contribution in [2.45, 2.75) is 6.10 Å². The molecule has 27 heavy (non-hydrogen) atoms. The van der Waals surface area contributed by atoms with Gasteiger partial charge in [0.25, 0.3) is 5.91 Å². The van der Waals surface area contributed by atoms with E-state index in [2.05, 4.69) is 5.32 Å². The number of benzene rings is 2. The number of nitrogens with one attached hydrogen (secondary N) is 1. The van der Waals surface area contributed by atoms with E-state index in [-0.39, 0.29) is 17.6 Å². The van der Waals surface area contributed by atoms with E-state index in [1.165, 1.54) is 6.07 Å². The number of carboxylic acids is 1. The molecule has 0 radical (unpaired) electrons. The van der Waals surface area contributed by atoms with Gasteiger partial charge in [-0.15, -0.1) is 0 Å². The summed E-state index contributed by atoms with van der Waals surface area (Å²) in [4.78, 5) is 25.8. The summed E-state index contributed by atoms with van der Waals surface area (Å²) in [7, 11) is 1.81. The van der Waals surface area contributed by atoms with E-state index >= 15 is 0 Å². The molecule has 0 bridgehead atoms. The van der Waals surface area contributed by atoms with Crippen LogP contribution in [0.4, 0.5) is 11.4 Å². The van der Waals surface area contributed by atoms with Crippen LogP contribution in [0.1, 0.15) is 20.7 Å².